The fourth-order valence-corrected chi connectivity index (χ4v) is 2.78. The minimum atomic E-state index is -0.456. The van der Waals surface area contributed by atoms with Gasteiger partial charge >= 0.3 is 6.09 Å². The number of piperidine rings is 1. The van der Waals surface area contributed by atoms with Crippen molar-refractivity contribution in [1.29, 1.82) is 0 Å². The summed E-state index contributed by atoms with van der Waals surface area (Å²) in [6.45, 7) is 16.8. The molecule has 0 aromatic rings. The highest BCUT2D eigenvalue weighted by atomic mass is 16.6. The first-order valence-electron chi connectivity index (χ1n) is 8.89. The summed E-state index contributed by atoms with van der Waals surface area (Å²) in [4.78, 5) is 16.6. The van der Waals surface area contributed by atoms with Gasteiger partial charge in [0, 0.05) is 18.6 Å². The van der Waals surface area contributed by atoms with Crippen LogP contribution in [-0.2, 0) is 4.74 Å². The van der Waals surface area contributed by atoms with Crippen LogP contribution in [0.15, 0.2) is 0 Å². The average Bonchev–Trinajstić information content (AvgIpc) is 2.37. The van der Waals surface area contributed by atoms with Crippen LogP contribution in [0.4, 0.5) is 4.79 Å². The van der Waals surface area contributed by atoms with Crippen molar-refractivity contribution < 1.29 is 9.53 Å². The largest absolute Gasteiger partial charge is 0.444 e. The fraction of sp³-hybridized carbons (Fsp3) is 0.944. The Hall–Kier alpha value is -0.810. The van der Waals surface area contributed by atoms with Gasteiger partial charge in [0.15, 0.2) is 0 Å². The second kappa shape index (κ2) is 8.34. The van der Waals surface area contributed by atoms with Gasteiger partial charge in [-0.2, -0.15) is 0 Å². The zero-order chi connectivity index (χ0) is 17.7. The summed E-state index contributed by atoms with van der Waals surface area (Å²) in [6, 6.07) is 0. The van der Waals surface area contributed by atoms with E-state index in [1.807, 2.05) is 46.4 Å². The number of likely N-dealkylation sites (tertiary alicyclic amines) is 1. The van der Waals surface area contributed by atoms with Crippen LogP contribution in [0.5, 0.6) is 0 Å². The van der Waals surface area contributed by atoms with Gasteiger partial charge in [0.2, 0.25) is 0 Å². The van der Waals surface area contributed by atoms with Crippen LogP contribution in [0, 0.1) is 5.92 Å². The van der Waals surface area contributed by atoms with Gasteiger partial charge in [-0.15, -0.1) is 0 Å². The lowest BCUT2D eigenvalue weighted by Gasteiger charge is -2.37. The van der Waals surface area contributed by atoms with Crippen LogP contribution in [0.3, 0.4) is 0 Å². The third-order valence-corrected chi connectivity index (χ3v) is 4.21. The summed E-state index contributed by atoms with van der Waals surface area (Å²) < 4.78 is 5.54. The van der Waals surface area contributed by atoms with E-state index in [1.165, 1.54) is 25.9 Å². The van der Waals surface area contributed by atoms with Crippen molar-refractivity contribution >= 4 is 6.09 Å². The van der Waals surface area contributed by atoms with Crippen molar-refractivity contribution in [3.8, 4) is 0 Å². The van der Waals surface area contributed by atoms with E-state index >= 15 is 0 Å². The Bertz CT molecular complexity index is 363. The fourth-order valence-electron chi connectivity index (χ4n) is 2.78. The second-order valence-electron chi connectivity index (χ2n) is 8.75. The van der Waals surface area contributed by atoms with Gasteiger partial charge in [0.1, 0.15) is 5.60 Å². The first kappa shape index (κ1) is 20.2. The number of carbonyl (C=O) groups is 1. The second-order valence-corrected chi connectivity index (χ2v) is 8.75. The molecule has 0 radical (unpaired) electrons. The Kier molecular flexibility index (Phi) is 7.33. The molecule has 23 heavy (non-hydrogen) atoms. The maximum absolute atomic E-state index is 12.4. The number of carbonyl (C=O) groups excluding carboxylic acids is 1. The molecule has 1 fully saturated rings. The van der Waals surface area contributed by atoms with Gasteiger partial charge in [-0.25, -0.2) is 4.79 Å². The minimum Gasteiger partial charge on any atom is -0.444 e. The average molecular weight is 328 g/mol. The third kappa shape index (κ3) is 8.02. The van der Waals surface area contributed by atoms with Crippen molar-refractivity contribution in [3.05, 3.63) is 0 Å². The van der Waals surface area contributed by atoms with Crippen LogP contribution in [0.2, 0.25) is 0 Å². The van der Waals surface area contributed by atoms with E-state index in [0.717, 1.165) is 19.0 Å². The first-order valence-corrected chi connectivity index (χ1v) is 8.89. The number of rotatable bonds is 5. The van der Waals surface area contributed by atoms with E-state index in [9.17, 15) is 4.79 Å². The molecule has 5 heteroatoms. The number of hydrogen-bond donors (Lipinski definition) is 1. The van der Waals surface area contributed by atoms with Gasteiger partial charge in [0.25, 0.3) is 0 Å². The normalized spacial score (nSPS) is 18.0. The van der Waals surface area contributed by atoms with Crippen LogP contribution >= 0.6 is 0 Å². The molecule has 0 aromatic carbocycles. The maximum Gasteiger partial charge on any atom is 0.410 e. The Morgan fingerprint density at radius 1 is 1.17 bits per heavy atom. The van der Waals surface area contributed by atoms with Crippen molar-refractivity contribution in [3.63, 3.8) is 0 Å². The molecule has 1 aliphatic heterocycles. The van der Waals surface area contributed by atoms with Gasteiger partial charge in [-0.05, 0) is 87.0 Å². The van der Waals surface area contributed by atoms with Crippen LogP contribution < -0.4 is 5.32 Å². The zero-order valence-electron chi connectivity index (χ0n) is 16.2. The molecule has 0 bridgehead atoms. The molecule has 0 aromatic heterocycles. The molecule has 1 saturated heterocycles. The molecule has 1 heterocycles. The number of nitrogens with one attached hydrogen (secondary N) is 1. The third-order valence-electron chi connectivity index (χ3n) is 4.21. The smallest absolute Gasteiger partial charge is 0.410 e. The van der Waals surface area contributed by atoms with Crippen molar-refractivity contribution in [2.45, 2.75) is 65.5 Å². The van der Waals surface area contributed by atoms with E-state index in [1.54, 1.807) is 0 Å². The topological polar surface area (TPSA) is 44.8 Å². The maximum atomic E-state index is 12.4. The Morgan fingerprint density at radius 3 is 2.22 bits per heavy atom. The highest BCUT2D eigenvalue weighted by Crippen LogP contribution is 2.18. The highest BCUT2D eigenvalue weighted by molar-refractivity contribution is 5.69. The molecule has 0 unspecified atom stereocenters. The monoisotopic (exact) mass is 327 g/mol. The quantitative estimate of drug-likeness (QED) is 0.789. The SMILES string of the molecule is CN1CCC(CNCCN(C(=O)OC(C)(C)C)C(C)(C)C)CC1. The van der Waals surface area contributed by atoms with Crippen LogP contribution in [0.1, 0.15) is 54.4 Å². The van der Waals surface area contributed by atoms with Crippen LogP contribution in [-0.4, -0.2) is 66.8 Å². The number of ether oxygens (including phenoxy) is 1. The molecule has 1 amide bonds. The Labute approximate surface area is 142 Å². The van der Waals surface area contributed by atoms with Crippen molar-refractivity contribution in [1.82, 2.24) is 15.1 Å². The highest BCUT2D eigenvalue weighted by Gasteiger charge is 2.30. The number of hydrogen-bond acceptors (Lipinski definition) is 4. The van der Waals surface area contributed by atoms with Gasteiger partial charge in [0.05, 0.1) is 0 Å². The lowest BCUT2D eigenvalue weighted by atomic mass is 9.97. The lowest BCUT2D eigenvalue weighted by Crippen LogP contribution is -2.50. The summed E-state index contributed by atoms with van der Waals surface area (Å²) in [5, 5.41) is 3.52. The number of nitrogens with zero attached hydrogens (tertiary/aromatic N) is 2. The molecule has 5 nitrogen and oxygen atoms in total. The summed E-state index contributed by atoms with van der Waals surface area (Å²) in [6.07, 6.45) is 2.29. The van der Waals surface area contributed by atoms with E-state index < -0.39 is 5.60 Å². The van der Waals surface area contributed by atoms with E-state index in [-0.39, 0.29) is 11.6 Å². The molecule has 1 N–H and O–H groups in total. The summed E-state index contributed by atoms with van der Waals surface area (Å²) in [5.74, 6) is 0.760. The van der Waals surface area contributed by atoms with Crippen molar-refractivity contribution in [2.75, 3.05) is 39.8 Å². The standard InChI is InChI=1S/C18H37N3O2/c1-17(2,3)21(16(22)23-18(4,5)6)13-10-19-14-15-8-11-20(7)12-9-15/h15,19H,8-14H2,1-7H3. The molecule has 0 spiro atoms. The van der Waals surface area contributed by atoms with Crippen molar-refractivity contribution in [2.24, 2.45) is 5.92 Å². The minimum absolute atomic E-state index is 0.230. The lowest BCUT2D eigenvalue weighted by molar-refractivity contribution is 0.00657. The molecule has 0 atom stereocenters. The molecule has 0 aliphatic carbocycles. The predicted octanol–water partition coefficient (Wildman–Crippen LogP) is 2.95. The number of amides is 1. The molecular weight excluding hydrogens is 290 g/mol. The first-order chi connectivity index (χ1) is 10.5. The van der Waals surface area contributed by atoms with Crippen LogP contribution in [0.25, 0.3) is 0 Å². The summed E-state index contributed by atoms with van der Waals surface area (Å²) in [5.41, 5.74) is -0.695. The van der Waals surface area contributed by atoms with Gasteiger partial charge in [-0.1, -0.05) is 0 Å². The van der Waals surface area contributed by atoms with E-state index in [0.29, 0.717) is 6.54 Å². The van der Waals surface area contributed by atoms with E-state index in [2.05, 4.69) is 17.3 Å². The molecule has 1 rings (SSSR count). The molecule has 1 aliphatic rings. The molecule has 0 saturated carbocycles. The van der Waals surface area contributed by atoms with Gasteiger partial charge in [-0.3, -0.25) is 0 Å². The Balaban J connectivity index is 2.39. The zero-order valence-corrected chi connectivity index (χ0v) is 16.2. The summed E-state index contributed by atoms with van der Waals surface area (Å²) in [7, 11) is 2.19. The predicted molar refractivity (Wildman–Crippen MR) is 95.8 cm³/mol. The van der Waals surface area contributed by atoms with Gasteiger partial charge < -0.3 is 19.9 Å². The molecular formula is C18H37N3O2. The van der Waals surface area contributed by atoms with E-state index in [4.69, 9.17) is 4.74 Å². The molecule has 136 valence electrons. The summed E-state index contributed by atoms with van der Waals surface area (Å²) >= 11 is 0. The Morgan fingerprint density at radius 2 is 1.74 bits per heavy atom.